The minimum Gasteiger partial charge on any atom is -0.436 e. The van der Waals surface area contributed by atoms with Gasteiger partial charge in [-0.15, -0.1) is 0 Å². The lowest BCUT2D eigenvalue weighted by Crippen LogP contribution is -2.21. The summed E-state index contributed by atoms with van der Waals surface area (Å²) in [5.74, 6) is -0.951. The van der Waals surface area contributed by atoms with E-state index in [2.05, 4.69) is 6.92 Å². The summed E-state index contributed by atoms with van der Waals surface area (Å²) in [6, 6.07) is 0. The van der Waals surface area contributed by atoms with E-state index in [1.54, 1.807) is 13.8 Å². The normalized spacial score (nSPS) is 13.5. The molecule has 2 atom stereocenters. The van der Waals surface area contributed by atoms with E-state index in [1.807, 2.05) is 6.92 Å². The van der Waals surface area contributed by atoms with Crippen molar-refractivity contribution in [2.75, 3.05) is 13.2 Å². The third-order valence-electron chi connectivity index (χ3n) is 2.54. The second-order valence-electron chi connectivity index (χ2n) is 4.71. The zero-order valence-electron chi connectivity index (χ0n) is 13.6. The predicted molar refractivity (Wildman–Crippen MR) is 77.4 cm³/mol. The molecule has 0 aliphatic rings. The van der Waals surface area contributed by atoms with Crippen molar-refractivity contribution in [1.29, 1.82) is 0 Å². The summed E-state index contributed by atoms with van der Waals surface area (Å²) in [6.07, 6.45) is 1.55. The molecule has 6 nitrogen and oxygen atoms in total. The SMILES string of the molecule is CCCCOC(C)OC(=O)CCC(=O)OC(C)OCCC. The maximum Gasteiger partial charge on any atom is 0.308 e. The summed E-state index contributed by atoms with van der Waals surface area (Å²) in [7, 11) is 0. The lowest BCUT2D eigenvalue weighted by Gasteiger charge is -2.15. The van der Waals surface area contributed by atoms with E-state index in [0.29, 0.717) is 13.2 Å². The van der Waals surface area contributed by atoms with Crippen LogP contribution in [0.4, 0.5) is 0 Å². The van der Waals surface area contributed by atoms with E-state index in [9.17, 15) is 9.59 Å². The molecule has 0 bridgehead atoms. The fourth-order valence-electron chi connectivity index (χ4n) is 1.44. The number of hydrogen-bond donors (Lipinski definition) is 0. The number of rotatable bonds is 12. The average Bonchev–Trinajstić information content (AvgIpc) is 2.43. The molecule has 0 aromatic carbocycles. The Hall–Kier alpha value is -1.14. The van der Waals surface area contributed by atoms with E-state index >= 15 is 0 Å². The quantitative estimate of drug-likeness (QED) is 0.314. The third kappa shape index (κ3) is 12.3. The molecule has 0 amide bonds. The fourth-order valence-corrected chi connectivity index (χ4v) is 1.44. The van der Waals surface area contributed by atoms with Crippen LogP contribution in [-0.4, -0.2) is 37.7 Å². The Labute approximate surface area is 127 Å². The Morgan fingerprint density at radius 3 is 1.71 bits per heavy atom. The maximum atomic E-state index is 11.5. The lowest BCUT2D eigenvalue weighted by molar-refractivity contribution is -0.181. The molecule has 0 N–H and O–H groups in total. The van der Waals surface area contributed by atoms with Crippen LogP contribution in [0.25, 0.3) is 0 Å². The van der Waals surface area contributed by atoms with Gasteiger partial charge in [-0.1, -0.05) is 20.3 Å². The molecule has 0 aromatic heterocycles. The van der Waals surface area contributed by atoms with E-state index in [1.165, 1.54) is 0 Å². The zero-order chi connectivity index (χ0) is 16.1. The second-order valence-corrected chi connectivity index (χ2v) is 4.71. The molecule has 0 aliphatic heterocycles. The van der Waals surface area contributed by atoms with Gasteiger partial charge in [0.05, 0.1) is 26.1 Å². The van der Waals surface area contributed by atoms with Gasteiger partial charge in [-0.25, -0.2) is 0 Å². The Morgan fingerprint density at radius 2 is 1.29 bits per heavy atom. The van der Waals surface area contributed by atoms with Crippen LogP contribution in [0.2, 0.25) is 0 Å². The smallest absolute Gasteiger partial charge is 0.308 e. The predicted octanol–water partition coefficient (Wildman–Crippen LogP) is 2.79. The van der Waals surface area contributed by atoms with Crippen LogP contribution in [0.3, 0.4) is 0 Å². The summed E-state index contributed by atoms with van der Waals surface area (Å²) in [6.45, 7) is 8.41. The molecule has 0 spiro atoms. The molecule has 0 rings (SSSR count). The Morgan fingerprint density at radius 1 is 0.810 bits per heavy atom. The lowest BCUT2D eigenvalue weighted by atomic mass is 10.3. The summed E-state index contributed by atoms with van der Waals surface area (Å²) in [5, 5.41) is 0. The summed E-state index contributed by atoms with van der Waals surface area (Å²) >= 11 is 0. The summed E-state index contributed by atoms with van der Waals surface area (Å²) < 4.78 is 20.5. The first-order chi connectivity index (χ1) is 9.99. The van der Waals surface area contributed by atoms with Gasteiger partial charge in [0.1, 0.15) is 0 Å². The highest BCUT2D eigenvalue weighted by Crippen LogP contribution is 2.04. The van der Waals surface area contributed by atoms with Crippen LogP contribution >= 0.6 is 0 Å². The molecule has 124 valence electrons. The van der Waals surface area contributed by atoms with Crippen LogP contribution in [0.1, 0.15) is 59.8 Å². The molecular weight excluding hydrogens is 276 g/mol. The largest absolute Gasteiger partial charge is 0.436 e. The first kappa shape index (κ1) is 19.9. The Bertz CT molecular complexity index is 292. The van der Waals surface area contributed by atoms with Crippen LogP contribution in [0.15, 0.2) is 0 Å². The van der Waals surface area contributed by atoms with E-state index in [4.69, 9.17) is 18.9 Å². The van der Waals surface area contributed by atoms with E-state index < -0.39 is 24.5 Å². The van der Waals surface area contributed by atoms with Crippen molar-refractivity contribution in [3.05, 3.63) is 0 Å². The number of ether oxygens (including phenoxy) is 4. The molecule has 6 heteroatoms. The monoisotopic (exact) mass is 304 g/mol. The summed E-state index contributed by atoms with van der Waals surface area (Å²) in [5.41, 5.74) is 0. The third-order valence-corrected chi connectivity index (χ3v) is 2.54. The van der Waals surface area contributed by atoms with Gasteiger partial charge in [0.2, 0.25) is 0 Å². The molecule has 0 radical (unpaired) electrons. The van der Waals surface area contributed by atoms with Crippen molar-refractivity contribution in [2.45, 2.75) is 72.4 Å². The molecule has 0 heterocycles. The fraction of sp³-hybridized carbons (Fsp3) is 0.867. The Kier molecular flexibility index (Phi) is 11.9. The zero-order valence-corrected chi connectivity index (χ0v) is 13.6. The number of hydrogen-bond acceptors (Lipinski definition) is 6. The number of unbranched alkanes of at least 4 members (excludes halogenated alkanes) is 1. The van der Waals surface area contributed by atoms with Crippen molar-refractivity contribution >= 4 is 11.9 Å². The standard InChI is InChI=1S/C15H28O6/c1-5-7-11-19-13(4)21-15(17)9-8-14(16)20-12(3)18-10-6-2/h12-13H,5-11H2,1-4H3. The van der Waals surface area contributed by atoms with Crippen molar-refractivity contribution in [3.8, 4) is 0 Å². The van der Waals surface area contributed by atoms with Gasteiger partial charge in [-0.05, 0) is 26.7 Å². The highest BCUT2D eigenvalue weighted by Gasteiger charge is 2.14. The van der Waals surface area contributed by atoms with Crippen LogP contribution in [-0.2, 0) is 28.5 Å². The molecule has 0 aliphatic carbocycles. The van der Waals surface area contributed by atoms with Gasteiger partial charge < -0.3 is 18.9 Å². The second kappa shape index (κ2) is 12.6. The topological polar surface area (TPSA) is 71.1 Å². The van der Waals surface area contributed by atoms with Gasteiger partial charge >= 0.3 is 11.9 Å². The highest BCUT2D eigenvalue weighted by molar-refractivity contribution is 5.77. The average molecular weight is 304 g/mol. The van der Waals surface area contributed by atoms with Gasteiger partial charge in [0, 0.05) is 0 Å². The van der Waals surface area contributed by atoms with Crippen molar-refractivity contribution in [1.82, 2.24) is 0 Å². The Balaban J connectivity index is 3.73. The molecular formula is C15H28O6. The van der Waals surface area contributed by atoms with Crippen molar-refractivity contribution in [3.63, 3.8) is 0 Å². The highest BCUT2D eigenvalue weighted by atomic mass is 16.7. The van der Waals surface area contributed by atoms with Gasteiger partial charge in [-0.3, -0.25) is 9.59 Å². The molecule has 0 saturated heterocycles. The molecule has 0 aromatic rings. The van der Waals surface area contributed by atoms with E-state index in [0.717, 1.165) is 19.3 Å². The number of esters is 2. The van der Waals surface area contributed by atoms with Crippen molar-refractivity contribution in [2.24, 2.45) is 0 Å². The molecule has 21 heavy (non-hydrogen) atoms. The first-order valence-corrected chi connectivity index (χ1v) is 7.61. The van der Waals surface area contributed by atoms with E-state index in [-0.39, 0.29) is 12.8 Å². The minimum atomic E-state index is -0.593. The molecule has 0 saturated carbocycles. The number of carbonyl (C=O) groups is 2. The van der Waals surface area contributed by atoms with Crippen LogP contribution < -0.4 is 0 Å². The van der Waals surface area contributed by atoms with Gasteiger partial charge in [0.15, 0.2) is 12.6 Å². The van der Waals surface area contributed by atoms with Crippen LogP contribution in [0.5, 0.6) is 0 Å². The van der Waals surface area contributed by atoms with Crippen LogP contribution in [0, 0.1) is 0 Å². The number of carbonyl (C=O) groups excluding carboxylic acids is 2. The van der Waals surface area contributed by atoms with Gasteiger partial charge in [-0.2, -0.15) is 0 Å². The molecule has 2 unspecified atom stereocenters. The minimum absolute atomic E-state index is 0.0270. The van der Waals surface area contributed by atoms with Crippen molar-refractivity contribution < 1.29 is 28.5 Å². The molecule has 0 fully saturated rings. The maximum absolute atomic E-state index is 11.5. The first-order valence-electron chi connectivity index (χ1n) is 7.61. The van der Waals surface area contributed by atoms with Gasteiger partial charge in [0.25, 0.3) is 0 Å². The summed E-state index contributed by atoms with van der Waals surface area (Å²) in [4.78, 5) is 23.0.